The molecule has 1 nitrogen and oxygen atoms in total. The first-order valence-electron chi connectivity index (χ1n) is 2.02. The molecule has 0 bridgehead atoms. The molecule has 0 heterocycles. The Labute approximate surface area is 73.3 Å². The molecule has 0 N–H and O–H groups in total. The number of ether oxygens (including phenoxy) is 1. The summed E-state index contributed by atoms with van der Waals surface area (Å²) in [7, 11) is 0. The second-order valence-electron chi connectivity index (χ2n) is 1.43. The molecule has 0 aliphatic heterocycles. The summed E-state index contributed by atoms with van der Waals surface area (Å²) >= 11 is 8.26. The number of rotatable bonds is 1. The predicted molar refractivity (Wildman–Crippen MR) is 37.8 cm³/mol. The zero-order valence-corrected chi connectivity index (χ0v) is 9.73. The summed E-state index contributed by atoms with van der Waals surface area (Å²) in [5, 5.41) is 0. The maximum atomic E-state index is 4.85. The number of hydrogen-bond acceptors (Lipinski definition) is 2. The predicted octanol–water partition coefficient (Wildman–Crippen LogP) is 1.62. The molecule has 0 unspecified atom stereocenters. The van der Waals surface area contributed by atoms with Gasteiger partial charge in [-0.15, -0.1) is 0 Å². The first-order chi connectivity index (χ1) is 3.13. The molecular formula is C4H8OS2Zn+2. The van der Waals surface area contributed by atoms with Gasteiger partial charge in [0.05, 0.1) is 6.10 Å². The maximum Gasteiger partial charge on any atom is 2.00 e. The van der Waals surface area contributed by atoms with E-state index in [4.69, 9.17) is 4.74 Å². The average Bonchev–Trinajstić information content (AvgIpc) is 1.27. The van der Waals surface area contributed by atoms with E-state index in [1.165, 1.54) is 0 Å². The number of hydrogen-bond donors (Lipinski definition) is 1. The third kappa shape index (κ3) is 9.98. The van der Waals surface area contributed by atoms with Crippen molar-refractivity contribution >= 4 is 29.2 Å². The first-order valence-corrected chi connectivity index (χ1v) is 2.88. The van der Waals surface area contributed by atoms with Crippen molar-refractivity contribution < 1.29 is 24.2 Å². The molecule has 0 rings (SSSR count). The molecule has 0 aliphatic rings. The van der Waals surface area contributed by atoms with Crippen LogP contribution in [0.4, 0.5) is 0 Å². The van der Waals surface area contributed by atoms with Gasteiger partial charge in [-0.25, -0.2) is 0 Å². The molecule has 42 valence electrons. The Hall–Kier alpha value is 0.863. The Bertz CT molecular complexity index is 74.4. The summed E-state index contributed by atoms with van der Waals surface area (Å²) in [4.78, 5) is 0. The van der Waals surface area contributed by atoms with Gasteiger partial charge in [-0.2, -0.15) is 0 Å². The van der Waals surface area contributed by atoms with Crippen LogP contribution in [0.25, 0.3) is 0 Å². The molecule has 0 aromatic carbocycles. The van der Waals surface area contributed by atoms with E-state index in [0.29, 0.717) is 4.38 Å². The van der Waals surface area contributed by atoms with E-state index in [0.717, 1.165) is 0 Å². The molecule has 0 atom stereocenters. The Morgan fingerprint density at radius 1 is 1.62 bits per heavy atom. The Kier molecular flexibility index (Phi) is 8.71. The Morgan fingerprint density at radius 3 is 2.00 bits per heavy atom. The van der Waals surface area contributed by atoms with Crippen LogP contribution in [0.1, 0.15) is 13.8 Å². The minimum Gasteiger partial charge on any atom is -0.476 e. The van der Waals surface area contributed by atoms with Gasteiger partial charge in [0.1, 0.15) is 0 Å². The summed E-state index contributed by atoms with van der Waals surface area (Å²) < 4.78 is 5.16. The van der Waals surface area contributed by atoms with Gasteiger partial charge >= 0.3 is 19.5 Å². The van der Waals surface area contributed by atoms with Gasteiger partial charge in [0.2, 0.25) is 4.38 Å². The second-order valence-corrected chi connectivity index (χ2v) is 2.51. The smallest absolute Gasteiger partial charge is 0.476 e. The van der Waals surface area contributed by atoms with Crippen molar-refractivity contribution in [3.8, 4) is 0 Å². The fourth-order valence-corrected chi connectivity index (χ4v) is 0.605. The van der Waals surface area contributed by atoms with Crippen LogP contribution in [0.5, 0.6) is 0 Å². The minimum absolute atomic E-state index is 0. The molecule has 8 heavy (non-hydrogen) atoms. The zero-order valence-electron chi connectivity index (χ0n) is 5.05. The fourth-order valence-electron chi connectivity index (χ4n) is 0.202. The van der Waals surface area contributed by atoms with Crippen LogP contribution in [-0.2, 0) is 24.2 Å². The van der Waals surface area contributed by atoms with Crippen molar-refractivity contribution in [1.29, 1.82) is 0 Å². The van der Waals surface area contributed by atoms with Gasteiger partial charge in [-0.05, 0) is 26.1 Å². The number of thiol groups is 1. The van der Waals surface area contributed by atoms with Gasteiger partial charge in [-0.1, -0.05) is 12.6 Å². The monoisotopic (exact) mass is 200 g/mol. The van der Waals surface area contributed by atoms with E-state index in [2.05, 4.69) is 24.8 Å². The molecule has 0 amide bonds. The first kappa shape index (κ1) is 11.6. The van der Waals surface area contributed by atoms with Crippen LogP contribution >= 0.6 is 24.8 Å². The Morgan fingerprint density at radius 2 is 2.00 bits per heavy atom. The molecular weight excluding hydrogens is 194 g/mol. The van der Waals surface area contributed by atoms with Crippen molar-refractivity contribution in [1.82, 2.24) is 0 Å². The van der Waals surface area contributed by atoms with Crippen LogP contribution in [0.3, 0.4) is 0 Å². The fraction of sp³-hybridized carbons (Fsp3) is 0.750. The van der Waals surface area contributed by atoms with E-state index in [9.17, 15) is 0 Å². The molecule has 0 saturated heterocycles. The SMILES string of the molecule is CC(C)OC(=S)S.[Zn+2]. The molecule has 0 fully saturated rings. The van der Waals surface area contributed by atoms with Crippen LogP contribution in [0.15, 0.2) is 0 Å². The van der Waals surface area contributed by atoms with Gasteiger partial charge in [0.25, 0.3) is 0 Å². The summed E-state index contributed by atoms with van der Waals surface area (Å²) in [6.45, 7) is 3.81. The van der Waals surface area contributed by atoms with Gasteiger partial charge in [0, 0.05) is 0 Å². The summed E-state index contributed by atoms with van der Waals surface area (Å²) in [6.07, 6.45) is 0.157. The zero-order chi connectivity index (χ0) is 5.86. The van der Waals surface area contributed by atoms with E-state index in [1.54, 1.807) is 0 Å². The van der Waals surface area contributed by atoms with E-state index < -0.39 is 0 Å². The largest absolute Gasteiger partial charge is 2.00 e. The van der Waals surface area contributed by atoms with E-state index >= 15 is 0 Å². The van der Waals surface area contributed by atoms with E-state index in [1.807, 2.05) is 13.8 Å². The molecule has 0 spiro atoms. The van der Waals surface area contributed by atoms with Crippen molar-refractivity contribution in [3.05, 3.63) is 0 Å². The molecule has 0 aromatic rings. The van der Waals surface area contributed by atoms with Crippen molar-refractivity contribution in [2.24, 2.45) is 0 Å². The van der Waals surface area contributed by atoms with Crippen molar-refractivity contribution in [2.45, 2.75) is 20.0 Å². The van der Waals surface area contributed by atoms with Gasteiger partial charge in [-0.3, -0.25) is 0 Å². The average molecular weight is 202 g/mol. The van der Waals surface area contributed by atoms with Crippen molar-refractivity contribution in [3.63, 3.8) is 0 Å². The van der Waals surface area contributed by atoms with E-state index in [-0.39, 0.29) is 25.6 Å². The summed E-state index contributed by atoms with van der Waals surface area (Å²) in [6, 6.07) is 0. The van der Waals surface area contributed by atoms with Crippen LogP contribution in [0, 0.1) is 0 Å². The normalized spacial score (nSPS) is 8.00. The molecule has 0 radical (unpaired) electrons. The molecule has 0 saturated carbocycles. The maximum absolute atomic E-state index is 4.85. The quantitative estimate of drug-likeness (QED) is 0.392. The molecule has 0 aromatic heterocycles. The summed E-state index contributed by atoms with van der Waals surface area (Å²) in [5.41, 5.74) is 0. The molecule has 4 heteroatoms. The van der Waals surface area contributed by atoms with Crippen LogP contribution in [-0.4, -0.2) is 10.5 Å². The third-order valence-electron chi connectivity index (χ3n) is 0.337. The van der Waals surface area contributed by atoms with Crippen LogP contribution in [0.2, 0.25) is 0 Å². The number of thiocarbonyl (C=S) groups is 1. The second kappa shape index (κ2) is 5.99. The molecule has 0 aliphatic carbocycles. The topological polar surface area (TPSA) is 9.23 Å². The van der Waals surface area contributed by atoms with Gasteiger partial charge in [0.15, 0.2) is 0 Å². The van der Waals surface area contributed by atoms with Crippen molar-refractivity contribution in [2.75, 3.05) is 0 Å². The standard InChI is InChI=1S/C4H8OS2.Zn/c1-3(2)5-4(6)7;/h3H,1-2H3,(H,6,7);/q;+2. The minimum atomic E-state index is 0. The van der Waals surface area contributed by atoms with Crippen LogP contribution < -0.4 is 0 Å². The summed E-state index contributed by atoms with van der Waals surface area (Å²) in [5.74, 6) is 0. The van der Waals surface area contributed by atoms with Gasteiger partial charge < -0.3 is 4.74 Å². The Balaban J connectivity index is 0. The third-order valence-corrected chi connectivity index (χ3v) is 0.538.